The SMILES string of the molecule is Cn1oc(=O)c(-c2ccccc2)c1C(=O)NCc1ccncc1. The van der Waals surface area contributed by atoms with Gasteiger partial charge in [-0.2, -0.15) is 0 Å². The smallest absolute Gasteiger partial charge is 0.347 e. The van der Waals surface area contributed by atoms with Gasteiger partial charge in [0.1, 0.15) is 5.56 Å². The molecule has 6 nitrogen and oxygen atoms in total. The zero-order valence-corrected chi connectivity index (χ0v) is 12.5. The summed E-state index contributed by atoms with van der Waals surface area (Å²) in [5.74, 6) is -0.367. The number of hydrogen-bond donors (Lipinski definition) is 1. The molecule has 6 heteroatoms. The molecule has 2 aromatic heterocycles. The molecule has 0 unspecified atom stereocenters. The van der Waals surface area contributed by atoms with Crippen LogP contribution in [0.2, 0.25) is 0 Å². The Hall–Kier alpha value is -3.15. The maximum absolute atomic E-state index is 12.5. The Morgan fingerprint density at radius 2 is 1.87 bits per heavy atom. The second-order valence-electron chi connectivity index (χ2n) is 5.00. The van der Waals surface area contributed by atoms with Gasteiger partial charge in [0.05, 0.1) is 0 Å². The molecule has 0 aliphatic heterocycles. The number of pyridine rings is 1. The summed E-state index contributed by atoms with van der Waals surface area (Å²) in [6.07, 6.45) is 3.31. The van der Waals surface area contributed by atoms with E-state index >= 15 is 0 Å². The second kappa shape index (κ2) is 6.31. The van der Waals surface area contributed by atoms with E-state index in [9.17, 15) is 9.59 Å². The summed E-state index contributed by atoms with van der Waals surface area (Å²) in [5.41, 5.74) is 1.50. The number of aryl methyl sites for hydroxylation is 1. The fraction of sp³-hybridized carbons (Fsp3) is 0.118. The van der Waals surface area contributed by atoms with Crippen LogP contribution >= 0.6 is 0 Å². The van der Waals surface area contributed by atoms with Crippen molar-refractivity contribution >= 4 is 5.91 Å². The van der Waals surface area contributed by atoms with Crippen molar-refractivity contribution in [3.05, 3.63) is 76.5 Å². The van der Waals surface area contributed by atoms with E-state index < -0.39 is 5.63 Å². The molecule has 3 aromatic rings. The molecular weight excluding hydrogens is 294 g/mol. The molecule has 0 spiro atoms. The number of aromatic nitrogens is 2. The first kappa shape index (κ1) is 14.8. The van der Waals surface area contributed by atoms with Crippen LogP contribution in [0.1, 0.15) is 16.1 Å². The van der Waals surface area contributed by atoms with Crippen molar-refractivity contribution in [1.82, 2.24) is 15.0 Å². The number of rotatable bonds is 4. The predicted octanol–water partition coefficient (Wildman–Crippen LogP) is 1.97. The van der Waals surface area contributed by atoms with Crippen molar-refractivity contribution in [2.24, 2.45) is 7.05 Å². The summed E-state index contributed by atoms with van der Waals surface area (Å²) < 4.78 is 6.26. The van der Waals surface area contributed by atoms with Gasteiger partial charge < -0.3 is 9.84 Å². The van der Waals surface area contributed by atoms with Crippen molar-refractivity contribution in [1.29, 1.82) is 0 Å². The van der Waals surface area contributed by atoms with Crippen LogP contribution in [0.25, 0.3) is 11.1 Å². The minimum absolute atomic E-state index is 0.204. The summed E-state index contributed by atoms with van der Waals surface area (Å²) in [6.45, 7) is 0.342. The van der Waals surface area contributed by atoms with Gasteiger partial charge in [-0.25, -0.2) is 9.53 Å². The molecule has 3 rings (SSSR count). The van der Waals surface area contributed by atoms with Crippen LogP contribution in [0.15, 0.2) is 64.2 Å². The van der Waals surface area contributed by atoms with Gasteiger partial charge >= 0.3 is 5.63 Å². The normalized spacial score (nSPS) is 10.5. The quantitative estimate of drug-likeness (QED) is 0.799. The number of nitrogens with one attached hydrogen (secondary N) is 1. The third kappa shape index (κ3) is 3.06. The highest BCUT2D eigenvalue weighted by Gasteiger charge is 2.23. The van der Waals surface area contributed by atoms with Gasteiger partial charge in [-0.1, -0.05) is 30.3 Å². The van der Waals surface area contributed by atoms with Crippen molar-refractivity contribution in [3.8, 4) is 11.1 Å². The molecule has 0 fully saturated rings. The van der Waals surface area contributed by atoms with E-state index in [0.29, 0.717) is 12.1 Å². The van der Waals surface area contributed by atoms with Gasteiger partial charge in [0, 0.05) is 26.0 Å². The lowest BCUT2D eigenvalue weighted by molar-refractivity contribution is 0.0931. The number of hydrogen-bond acceptors (Lipinski definition) is 4. The van der Waals surface area contributed by atoms with E-state index in [1.165, 1.54) is 11.8 Å². The van der Waals surface area contributed by atoms with E-state index in [0.717, 1.165) is 5.56 Å². The second-order valence-corrected chi connectivity index (χ2v) is 5.00. The fourth-order valence-corrected chi connectivity index (χ4v) is 2.35. The van der Waals surface area contributed by atoms with Crippen molar-refractivity contribution in [2.75, 3.05) is 0 Å². The Morgan fingerprint density at radius 1 is 1.17 bits per heavy atom. The third-order valence-corrected chi connectivity index (χ3v) is 3.46. The van der Waals surface area contributed by atoms with Crippen LogP contribution in [0.4, 0.5) is 0 Å². The Bertz CT molecular complexity index is 867. The molecule has 0 aliphatic carbocycles. The maximum atomic E-state index is 12.5. The van der Waals surface area contributed by atoms with E-state index in [2.05, 4.69) is 10.3 Å². The lowest BCUT2D eigenvalue weighted by atomic mass is 10.1. The molecule has 1 aromatic carbocycles. The van der Waals surface area contributed by atoms with E-state index in [4.69, 9.17) is 4.52 Å². The van der Waals surface area contributed by atoms with Crippen LogP contribution in [-0.4, -0.2) is 15.6 Å². The molecule has 2 heterocycles. The van der Waals surface area contributed by atoms with Crippen molar-refractivity contribution in [2.45, 2.75) is 6.54 Å². The largest absolute Gasteiger partial charge is 0.366 e. The van der Waals surface area contributed by atoms with Gasteiger partial charge in [-0.15, -0.1) is 0 Å². The number of carbonyl (C=O) groups excluding carboxylic acids is 1. The first-order valence-corrected chi connectivity index (χ1v) is 7.09. The molecule has 0 saturated carbocycles. The molecule has 0 atom stereocenters. The Morgan fingerprint density at radius 3 is 2.57 bits per heavy atom. The van der Waals surface area contributed by atoms with Gasteiger partial charge in [-0.3, -0.25) is 9.78 Å². The average Bonchev–Trinajstić information content (AvgIpc) is 2.88. The topological polar surface area (TPSA) is 77.1 Å². The first-order chi connectivity index (χ1) is 11.2. The molecule has 1 N–H and O–H groups in total. The van der Waals surface area contributed by atoms with E-state index in [-0.39, 0.29) is 17.2 Å². The zero-order valence-electron chi connectivity index (χ0n) is 12.5. The lowest BCUT2D eigenvalue weighted by Gasteiger charge is -2.07. The summed E-state index contributed by atoms with van der Waals surface area (Å²) in [4.78, 5) is 28.5. The standard InChI is InChI=1S/C17H15N3O3/c1-20-15(16(21)19-11-12-7-9-18-10-8-12)14(17(22)23-20)13-5-3-2-4-6-13/h2-10H,11H2,1H3,(H,19,21). The highest BCUT2D eigenvalue weighted by Crippen LogP contribution is 2.20. The van der Waals surface area contributed by atoms with Crippen LogP contribution in [-0.2, 0) is 13.6 Å². The van der Waals surface area contributed by atoms with E-state index in [1.54, 1.807) is 36.7 Å². The first-order valence-electron chi connectivity index (χ1n) is 7.09. The summed E-state index contributed by atoms with van der Waals surface area (Å²) >= 11 is 0. The van der Waals surface area contributed by atoms with Crippen LogP contribution in [0.5, 0.6) is 0 Å². The van der Waals surface area contributed by atoms with E-state index in [1.807, 2.05) is 18.2 Å². The number of nitrogens with zero attached hydrogens (tertiary/aromatic N) is 2. The fourth-order valence-electron chi connectivity index (χ4n) is 2.35. The number of carbonyl (C=O) groups is 1. The Kier molecular flexibility index (Phi) is 4.05. The zero-order chi connectivity index (χ0) is 16.2. The molecule has 1 amide bonds. The van der Waals surface area contributed by atoms with Gasteiger partial charge in [0.15, 0.2) is 5.69 Å². The summed E-state index contributed by atoms with van der Waals surface area (Å²) in [5, 5.41) is 2.79. The Balaban J connectivity index is 1.90. The van der Waals surface area contributed by atoms with Gasteiger partial charge in [-0.05, 0) is 23.3 Å². The minimum atomic E-state index is -0.534. The molecule has 0 radical (unpaired) electrons. The molecule has 116 valence electrons. The van der Waals surface area contributed by atoms with Crippen LogP contribution in [0.3, 0.4) is 0 Å². The number of benzene rings is 1. The monoisotopic (exact) mass is 309 g/mol. The third-order valence-electron chi connectivity index (χ3n) is 3.46. The highest BCUT2D eigenvalue weighted by atomic mass is 16.5. The molecule has 23 heavy (non-hydrogen) atoms. The minimum Gasteiger partial charge on any atom is -0.347 e. The molecule has 0 saturated heterocycles. The van der Waals surface area contributed by atoms with Crippen molar-refractivity contribution < 1.29 is 9.32 Å². The molecule has 0 aliphatic rings. The Labute approximate surface area is 132 Å². The average molecular weight is 309 g/mol. The number of amides is 1. The van der Waals surface area contributed by atoms with Gasteiger partial charge in [0.25, 0.3) is 5.91 Å². The van der Waals surface area contributed by atoms with Gasteiger partial charge in [0.2, 0.25) is 0 Å². The predicted molar refractivity (Wildman–Crippen MR) is 84.8 cm³/mol. The van der Waals surface area contributed by atoms with Crippen molar-refractivity contribution in [3.63, 3.8) is 0 Å². The maximum Gasteiger partial charge on any atom is 0.366 e. The molecule has 0 bridgehead atoms. The van der Waals surface area contributed by atoms with Crippen LogP contribution < -0.4 is 10.9 Å². The van der Waals surface area contributed by atoms with Crippen LogP contribution in [0, 0.1) is 0 Å². The summed E-state index contributed by atoms with van der Waals surface area (Å²) in [7, 11) is 1.54. The molecular formula is C17H15N3O3. The lowest BCUT2D eigenvalue weighted by Crippen LogP contribution is -2.25. The highest BCUT2D eigenvalue weighted by molar-refractivity contribution is 5.98. The summed E-state index contributed by atoms with van der Waals surface area (Å²) in [6, 6.07) is 12.6.